The highest BCUT2D eigenvalue weighted by molar-refractivity contribution is 5.85. The molecule has 1 aromatic carbocycles. The quantitative estimate of drug-likeness (QED) is 0.846. The molecule has 1 fully saturated rings. The number of rotatable bonds is 5. The van der Waals surface area contributed by atoms with Crippen LogP contribution < -0.4 is 16.6 Å². The zero-order valence-electron chi connectivity index (χ0n) is 12.1. The van der Waals surface area contributed by atoms with Crippen LogP contribution >= 0.6 is 12.4 Å². The van der Waals surface area contributed by atoms with Crippen molar-refractivity contribution >= 4 is 29.2 Å². The lowest BCUT2D eigenvalue weighted by atomic mass is 10.2. The van der Waals surface area contributed by atoms with Gasteiger partial charge in [0.05, 0.1) is 17.2 Å². The average Bonchev–Trinajstić information content (AvgIpc) is 3.33. The largest absolute Gasteiger partial charge is 0.350 e. The molecule has 1 heterocycles. The van der Waals surface area contributed by atoms with Crippen LogP contribution in [-0.4, -0.2) is 28.0 Å². The van der Waals surface area contributed by atoms with Gasteiger partial charge in [-0.25, -0.2) is 4.98 Å². The van der Waals surface area contributed by atoms with Gasteiger partial charge in [-0.15, -0.1) is 12.4 Å². The smallest absolute Gasteiger partial charge is 0.261 e. The van der Waals surface area contributed by atoms with Gasteiger partial charge in [0.15, 0.2) is 0 Å². The second-order valence-corrected chi connectivity index (χ2v) is 5.44. The molecule has 1 atom stereocenters. The Morgan fingerprint density at radius 1 is 1.41 bits per heavy atom. The number of fused-ring (bicyclic) bond motifs is 1. The number of carbonyl (C=O) groups excluding carboxylic acids is 1. The third-order valence-electron chi connectivity index (χ3n) is 3.84. The Bertz CT molecular complexity index is 727. The van der Waals surface area contributed by atoms with E-state index < -0.39 is 0 Å². The van der Waals surface area contributed by atoms with Crippen LogP contribution in [0.4, 0.5) is 0 Å². The molecule has 0 spiro atoms. The summed E-state index contributed by atoms with van der Waals surface area (Å²) < 4.78 is 1.33. The summed E-state index contributed by atoms with van der Waals surface area (Å²) in [5.74, 6) is 0.293. The molecule has 6 nitrogen and oxygen atoms in total. The third-order valence-corrected chi connectivity index (χ3v) is 3.84. The first-order valence-corrected chi connectivity index (χ1v) is 7.12. The summed E-state index contributed by atoms with van der Waals surface area (Å²) in [4.78, 5) is 28.5. The standard InChI is InChI=1S/C15H18N4O2.ClH/c16-7-13(10-5-6-10)18-14(20)8-19-9-17-12-4-2-1-3-11(12)15(19)21;/h1-4,9-10,13H,5-8,16H2,(H,18,20);1H. The Kier molecular flexibility index (Phi) is 5.15. The van der Waals surface area contributed by atoms with Crippen molar-refractivity contribution in [2.45, 2.75) is 25.4 Å². The van der Waals surface area contributed by atoms with Gasteiger partial charge in [-0.3, -0.25) is 14.2 Å². The van der Waals surface area contributed by atoms with Gasteiger partial charge in [0.25, 0.3) is 5.56 Å². The minimum absolute atomic E-state index is 0. The van der Waals surface area contributed by atoms with E-state index in [1.807, 2.05) is 6.07 Å². The topological polar surface area (TPSA) is 90.0 Å². The van der Waals surface area contributed by atoms with E-state index >= 15 is 0 Å². The number of nitrogens with two attached hydrogens (primary N) is 1. The molecule has 1 aliphatic carbocycles. The first-order valence-electron chi connectivity index (χ1n) is 7.12. The van der Waals surface area contributed by atoms with Gasteiger partial charge < -0.3 is 11.1 Å². The normalized spacial score (nSPS) is 15.1. The predicted molar refractivity (Wildman–Crippen MR) is 87.0 cm³/mol. The van der Waals surface area contributed by atoms with Crippen LogP contribution in [0, 0.1) is 5.92 Å². The van der Waals surface area contributed by atoms with Crippen LogP contribution in [0.25, 0.3) is 10.9 Å². The molecule has 1 aromatic heterocycles. The minimum atomic E-state index is -0.202. The second-order valence-electron chi connectivity index (χ2n) is 5.44. The van der Waals surface area contributed by atoms with Crippen LogP contribution in [0.15, 0.2) is 35.4 Å². The number of halogens is 1. The van der Waals surface area contributed by atoms with E-state index in [4.69, 9.17) is 5.73 Å². The molecule has 0 radical (unpaired) electrons. The summed E-state index contributed by atoms with van der Waals surface area (Å²) in [6.45, 7) is 0.404. The molecule has 0 aliphatic heterocycles. The Hall–Kier alpha value is -1.92. The highest BCUT2D eigenvalue weighted by Gasteiger charge is 2.31. The van der Waals surface area contributed by atoms with Gasteiger partial charge >= 0.3 is 0 Å². The summed E-state index contributed by atoms with van der Waals surface area (Å²) in [5, 5.41) is 3.42. The van der Waals surface area contributed by atoms with Crippen LogP contribution in [-0.2, 0) is 11.3 Å². The van der Waals surface area contributed by atoms with Gasteiger partial charge in [-0.1, -0.05) is 12.1 Å². The fourth-order valence-corrected chi connectivity index (χ4v) is 2.49. The molecular weight excluding hydrogens is 304 g/mol. The maximum Gasteiger partial charge on any atom is 0.261 e. The van der Waals surface area contributed by atoms with E-state index in [-0.39, 0.29) is 36.5 Å². The monoisotopic (exact) mass is 322 g/mol. The third kappa shape index (κ3) is 3.45. The lowest BCUT2D eigenvalue weighted by Gasteiger charge is -2.16. The van der Waals surface area contributed by atoms with Crippen LogP contribution in [0.5, 0.6) is 0 Å². The maximum atomic E-state index is 12.3. The van der Waals surface area contributed by atoms with E-state index in [0.29, 0.717) is 23.4 Å². The molecule has 1 aliphatic rings. The van der Waals surface area contributed by atoms with E-state index in [9.17, 15) is 9.59 Å². The minimum Gasteiger partial charge on any atom is -0.350 e. The van der Waals surface area contributed by atoms with Gasteiger partial charge in [0.1, 0.15) is 6.54 Å². The number of hydrogen-bond donors (Lipinski definition) is 2. The lowest BCUT2D eigenvalue weighted by molar-refractivity contribution is -0.122. The Balaban J connectivity index is 0.00000176. The lowest BCUT2D eigenvalue weighted by Crippen LogP contribution is -2.44. The first kappa shape index (κ1) is 16.5. The van der Waals surface area contributed by atoms with E-state index in [1.165, 1.54) is 10.9 Å². The van der Waals surface area contributed by atoms with Crippen molar-refractivity contribution in [1.82, 2.24) is 14.9 Å². The van der Waals surface area contributed by atoms with Crippen molar-refractivity contribution in [3.8, 4) is 0 Å². The molecule has 2 aromatic rings. The highest BCUT2D eigenvalue weighted by atomic mass is 35.5. The molecule has 1 saturated carbocycles. The number of aromatic nitrogens is 2. The molecule has 7 heteroatoms. The number of para-hydroxylation sites is 1. The summed E-state index contributed by atoms with van der Waals surface area (Å²) in [6, 6.07) is 7.12. The summed E-state index contributed by atoms with van der Waals surface area (Å²) in [6.07, 6.45) is 3.64. The van der Waals surface area contributed by atoms with Crippen molar-refractivity contribution in [3.05, 3.63) is 40.9 Å². The van der Waals surface area contributed by atoms with Crippen molar-refractivity contribution < 1.29 is 4.79 Å². The second kappa shape index (κ2) is 6.89. The molecule has 1 amide bonds. The SMILES string of the molecule is Cl.NCC(NC(=O)Cn1cnc2ccccc2c1=O)C1CC1. The Morgan fingerprint density at radius 2 is 2.14 bits per heavy atom. The van der Waals surface area contributed by atoms with Gasteiger partial charge in [0.2, 0.25) is 5.91 Å². The number of amides is 1. The molecule has 0 saturated heterocycles. The molecule has 118 valence electrons. The number of nitrogens with one attached hydrogen (secondary N) is 1. The van der Waals surface area contributed by atoms with E-state index in [1.54, 1.807) is 18.2 Å². The first-order chi connectivity index (χ1) is 10.2. The van der Waals surface area contributed by atoms with E-state index in [2.05, 4.69) is 10.3 Å². The predicted octanol–water partition coefficient (Wildman–Crippen LogP) is 0.672. The number of benzene rings is 1. The molecule has 0 bridgehead atoms. The van der Waals surface area contributed by atoms with Crippen LogP contribution in [0.1, 0.15) is 12.8 Å². The molecule has 3 N–H and O–H groups in total. The fraction of sp³-hybridized carbons (Fsp3) is 0.400. The number of hydrogen-bond acceptors (Lipinski definition) is 4. The van der Waals surface area contributed by atoms with Crippen LogP contribution in [0.2, 0.25) is 0 Å². The average molecular weight is 323 g/mol. The fourth-order valence-electron chi connectivity index (χ4n) is 2.49. The number of nitrogens with zero attached hydrogens (tertiary/aromatic N) is 2. The Labute approximate surface area is 134 Å². The van der Waals surface area contributed by atoms with Crippen LogP contribution in [0.3, 0.4) is 0 Å². The van der Waals surface area contributed by atoms with Crippen molar-refractivity contribution in [2.24, 2.45) is 11.7 Å². The highest BCUT2D eigenvalue weighted by Crippen LogP contribution is 2.32. The Morgan fingerprint density at radius 3 is 2.82 bits per heavy atom. The van der Waals surface area contributed by atoms with E-state index in [0.717, 1.165) is 12.8 Å². The van der Waals surface area contributed by atoms with Gasteiger partial charge in [0, 0.05) is 12.6 Å². The summed E-state index contributed by atoms with van der Waals surface area (Å²) in [7, 11) is 0. The zero-order valence-corrected chi connectivity index (χ0v) is 12.9. The molecule has 1 unspecified atom stereocenters. The van der Waals surface area contributed by atoms with Crippen molar-refractivity contribution in [2.75, 3.05) is 6.54 Å². The molecule has 3 rings (SSSR count). The molecule has 22 heavy (non-hydrogen) atoms. The van der Waals surface area contributed by atoms with Gasteiger partial charge in [-0.05, 0) is 30.9 Å². The molecular formula is C15H19ClN4O2. The maximum absolute atomic E-state index is 12.3. The number of carbonyl (C=O) groups is 1. The zero-order chi connectivity index (χ0) is 14.8. The van der Waals surface area contributed by atoms with Crippen molar-refractivity contribution in [1.29, 1.82) is 0 Å². The summed E-state index contributed by atoms with van der Waals surface area (Å²) in [5.41, 5.74) is 6.10. The summed E-state index contributed by atoms with van der Waals surface area (Å²) >= 11 is 0. The van der Waals surface area contributed by atoms with Gasteiger partial charge in [-0.2, -0.15) is 0 Å². The van der Waals surface area contributed by atoms with Crippen molar-refractivity contribution in [3.63, 3.8) is 0 Å².